The molecule has 4 N–H and O–H groups in total. The molecular formula is C18H19N3O3. The second-order valence-electron chi connectivity index (χ2n) is 6.11. The van der Waals surface area contributed by atoms with Crippen LogP contribution >= 0.6 is 0 Å². The van der Waals surface area contributed by atoms with Gasteiger partial charge >= 0.3 is 0 Å². The smallest absolute Gasteiger partial charge is 0.161 e. The maximum atomic E-state index is 10.6. The van der Waals surface area contributed by atoms with Gasteiger partial charge in [0.1, 0.15) is 12.2 Å². The molecule has 1 aliphatic rings. The molecule has 0 bridgehead atoms. The molecule has 0 amide bonds. The van der Waals surface area contributed by atoms with E-state index in [9.17, 15) is 15.3 Å². The van der Waals surface area contributed by atoms with Crippen LogP contribution in [0.2, 0.25) is 0 Å². The van der Waals surface area contributed by atoms with Gasteiger partial charge in [0.2, 0.25) is 0 Å². The Balaban J connectivity index is 1.89. The van der Waals surface area contributed by atoms with Crippen LogP contribution in [0.15, 0.2) is 42.6 Å². The number of nitrogens with one attached hydrogen (secondary N) is 1. The number of hydrogen-bond donors (Lipinski definition) is 4. The average Bonchev–Trinajstić information content (AvgIpc) is 2.94. The van der Waals surface area contributed by atoms with E-state index >= 15 is 0 Å². The number of rotatable bonds is 2. The van der Waals surface area contributed by atoms with Crippen molar-refractivity contribution in [2.24, 2.45) is 0 Å². The lowest BCUT2D eigenvalue weighted by molar-refractivity contribution is 0.00198. The molecule has 0 saturated heterocycles. The maximum absolute atomic E-state index is 10.6. The molecule has 0 radical (unpaired) electrons. The Kier molecular flexibility index (Phi) is 3.53. The monoisotopic (exact) mass is 325 g/mol. The molecule has 3 heterocycles. The quantitative estimate of drug-likeness (QED) is 0.576. The standard InChI is InChI=1S/C18H19N3O3/c1-10-13(9-22)21-8-7-12-15(18(21)19-10)20-14(17(24)16(12)23)11-5-3-2-4-6-11/h2-8,14,16-17,20,22-24H,9H2,1H3/t14-,16+,17-/m1/s1. The Morgan fingerprint density at radius 3 is 2.62 bits per heavy atom. The molecule has 6 heteroatoms. The van der Waals surface area contributed by atoms with Gasteiger partial charge in [-0.15, -0.1) is 0 Å². The molecule has 1 aromatic carbocycles. The van der Waals surface area contributed by atoms with Crippen LogP contribution in [0.4, 0.5) is 5.69 Å². The molecule has 1 aliphatic heterocycles. The third-order valence-corrected chi connectivity index (χ3v) is 4.72. The molecule has 4 rings (SSSR count). The third-order valence-electron chi connectivity index (χ3n) is 4.72. The van der Waals surface area contributed by atoms with Gasteiger partial charge in [-0.25, -0.2) is 4.98 Å². The van der Waals surface area contributed by atoms with Crippen molar-refractivity contribution in [1.82, 2.24) is 9.38 Å². The lowest BCUT2D eigenvalue weighted by atomic mass is 9.89. The summed E-state index contributed by atoms with van der Waals surface area (Å²) in [6.45, 7) is 1.73. The van der Waals surface area contributed by atoms with Gasteiger partial charge in [0.15, 0.2) is 5.65 Å². The van der Waals surface area contributed by atoms with Crippen LogP contribution in [0.1, 0.15) is 34.7 Å². The Bertz CT molecular complexity index is 891. The van der Waals surface area contributed by atoms with Gasteiger partial charge in [-0.3, -0.25) is 4.40 Å². The van der Waals surface area contributed by atoms with Crippen LogP contribution < -0.4 is 5.32 Å². The minimum absolute atomic E-state index is 0.112. The summed E-state index contributed by atoms with van der Waals surface area (Å²) in [4.78, 5) is 4.53. The maximum Gasteiger partial charge on any atom is 0.161 e. The topological polar surface area (TPSA) is 90.0 Å². The zero-order chi connectivity index (χ0) is 16.8. The van der Waals surface area contributed by atoms with Crippen molar-refractivity contribution >= 4 is 11.3 Å². The number of hydrogen-bond acceptors (Lipinski definition) is 5. The van der Waals surface area contributed by atoms with E-state index in [1.165, 1.54) is 0 Å². The Morgan fingerprint density at radius 2 is 1.92 bits per heavy atom. The Morgan fingerprint density at radius 1 is 1.17 bits per heavy atom. The first-order chi connectivity index (χ1) is 11.6. The number of aromatic nitrogens is 2. The highest BCUT2D eigenvalue weighted by Gasteiger charge is 2.36. The predicted molar refractivity (Wildman–Crippen MR) is 89.6 cm³/mol. The average molecular weight is 325 g/mol. The van der Waals surface area contributed by atoms with Gasteiger partial charge in [0, 0.05) is 11.8 Å². The Labute approximate surface area is 139 Å². The van der Waals surface area contributed by atoms with Crippen molar-refractivity contribution < 1.29 is 15.3 Å². The van der Waals surface area contributed by atoms with Crippen molar-refractivity contribution in [2.75, 3.05) is 5.32 Å². The van der Waals surface area contributed by atoms with Gasteiger partial charge in [0.25, 0.3) is 0 Å². The van der Waals surface area contributed by atoms with E-state index < -0.39 is 18.2 Å². The van der Waals surface area contributed by atoms with E-state index in [0.717, 1.165) is 11.3 Å². The number of aliphatic hydroxyl groups excluding tert-OH is 3. The molecule has 0 saturated carbocycles. The first-order valence-corrected chi connectivity index (χ1v) is 7.90. The summed E-state index contributed by atoms with van der Waals surface area (Å²) >= 11 is 0. The van der Waals surface area contributed by atoms with E-state index in [1.54, 1.807) is 12.3 Å². The summed E-state index contributed by atoms with van der Waals surface area (Å²) in [5.74, 6) is 0. The normalized spacial score (nSPS) is 23.1. The number of anilines is 1. The summed E-state index contributed by atoms with van der Waals surface area (Å²) in [5.41, 5.74) is 4.28. The van der Waals surface area contributed by atoms with Crippen molar-refractivity contribution in [3.63, 3.8) is 0 Å². The molecule has 0 aliphatic carbocycles. The summed E-state index contributed by atoms with van der Waals surface area (Å²) in [7, 11) is 0. The van der Waals surface area contributed by atoms with Crippen LogP contribution in [-0.4, -0.2) is 30.8 Å². The molecule has 2 aromatic heterocycles. The SMILES string of the molecule is Cc1nc2c3c(ccn2c1CO)[C@H](O)[C@H](O)[C@@H](c1ccccc1)N3. The summed E-state index contributed by atoms with van der Waals surface area (Å²) in [5, 5.41) is 34.0. The highest BCUT2D eigenvalue weighted by molar-refractivity contribution is 5.75. The molecule has 0 fully saturated rings. The van der Waals surface area contributed by atoms with Crippen LogP contribution in [0, 0.1) is 6.92 Å². The number of aliphatic hydroxyl groups is 3. The van der Waals surface area contributed by atoms with Crippen molar-refractivity contribution in [3.05, 3.63) is 65.1 Å². The fourth-order valence-corrected chi connectivity index (χ4v) is 3.42. The van der Waals surface area contributed by atoms with Crippen molar-refractivity contribution in [2.45, 2.75) is 31.8 Å². The van der Waals surface area contributed by atoms with Gasteiger partial charge in [0.05, 0.1) is 29.7 Å². The second kappa shape index (κ2) is 5.59. The molecule has 3 aromatic rings. The highest BCUT2D eigenvalue weighted by Crippen LogP contribution is 2.41. The van der Waals surface area contributed by atoms with E-state index in [0.29, 0.717) is 22.6 Å². The zero-order valence-electron chi connectivity index (χ0n) is 13.2. The van der Waals surface area contributed by atoms with Crippen LogP contribution in [-0.2, 0) is 6.61 Å². The molecule has 6 nitrogen and oxygen atoms in total. The summed E-state index contributed by atoms with van der Waals surface area (Å²) in [6.07, 6.45) is -0.207. The second-order valence-corrected chi connectivity index (χ2v) is 6.11. The summed E-state index contributed by atoms with van der Waals surface area (Å²) in [6, 6.07) is 10.8. The van der Waals surface area contributed by atoms with Gasteiger partial charge in [-0.05, 0) is 18.6 Å². The molecule has 124 valence electrons. The lowest BCUT2D eigenvalue weighted by Crippen LogP contribution is -2.36. The van der Waals surface area contributed by atoms with Gasteiger partial charge < -0.3 is 20.6 Å². The van der Waals surface area contributed by atoms with Crippen molar-refractivity contribution in [1.29, 1.82) is 0 Å². The van der Waals surface area contributed by atoms with E-state index in [-0.39, 0.29) is 6.61 Å². The van der Waals surface area contributed by atoms with Crippen LogP contribution in [0.25, 0.3) is 5.65 Å². The Hall–Kier alpha value is -2.41. The molecular weight excluding hydrogens is 306 g/mol. The van der Waals surface area contributed by atoms with Crippen LogP contribution in [0.5, 0.6) is 0 Å². The lowest BCUT2D eigenvalue weighted by Gasteiger charge is -2.35. The first kappa shape index (κ1) is 15.1. The minimum atomic E-state index is -1.01. The minimum Gasteiger partial charge on any atom is -0.390 e. The van der Waals surface area contributed by atoms with Crippen LogP contribution in [0.3, 0.4) is 0 Å². The predicted octanol–water partition coefficient (Wildman–Crippen LogP) is 1.70. The van der Waals surface area contributed by atoms with E-state index in [2.05, 4.69) is 10.3 Å². The number of nitrogens with zero attached hydrogens (tertiary/aromatic N) is 2. The third kappa shape index (κ3) is 2.11. The van der Waals surface area contributed by atoms with E-state index in [4.69, 9.17) is 0 Å². The number of imidazole rings is 1. The van der Waals surface area contributed by atoms with E-state index in [1.807, 2.05) is 41.7 Å². The van der Waals surface area contributed by atoms with Gasteiger partial charge in [-0.1, -0.05) is 30.3 Å². The summed E-state index contributed by atoms with van der Waals surface area (Å²) < 4.78 is 1.81. The molecule has 24 heavy (non-hydrogen) atoms. The fraction of sp³-hybridized carbons (Fsp3) is 0.278. The molecule has 3 atom stereocenters. The number of aryl methyl sites for hydroxylation is 1. The first-order valence-electron chi connectivity index (χ1n) is 7.90. The zero-order valence-corrected chi connectivity index (χ0v) is 13.2. The number of fused-ring (bicyclic) bond motifs is 3. The highest BCUT2D eigenvalue weighted by atomic mass is 16.3. The van der Waals surface area contributed by atoms with Gasteiger partial charge in [-0.2, -0.15) is 0 Å². The number of pyridine rings is 1. The van der Waals surface area contributed by atoms with Crippen molar-refractivity contribution in [3.8, 4) is 0 Å². The molecule has 0 unspecified atom stereocenters. The molecule has 0 spiro atoms. The largest absolute Gasteiger partial charge is 0.390 e. The number of benzene rings is 1. The fourth-order valence-electron chi connectivity index (χ4n) is 3.42.